The zero-order valence-electron chi connectivity index (χ0n) is 9.32. The maximum Gasteiger partial charge on any atom is 0.268 e. The van der Waals surface area contributed by atoms with Crippen LogP contribution in [0, 0.1) is 5.92 Å². The molecule has 0 saturated heterocycles. The number of nitrogens with one attached hydrogen (secondary N) is 2. The van der Waals surface area contributed by atoms with Crippen LogP contribution in [0.15, 0.2) is 23.0 Å². The molecule has 2 N–H and O–H groups in total. The first kappa shape index (κ1) is 10.9. The number of hydrogen-bond donors (Lipinski definition) is 2. The Bertz CT molecular complexity index is 435. The Hall–Kier alpha value is -1.58. The van der Waals surface area contributed by atoms with Crippen molar-refractivity contribution in [2.24, 2.45) is 5.92 Å². The van der Waals surface area contributed by atoms with Crippen molar-refractivity contribution < 1.29 is 4.79 Å². The Kier molecular flexibility index (Phi) is 3.08. The van der Waals surface area contributed by atoms with Crippen LogP contribution in [0.3, 0.4) is 0 Å². The van der Waals surface area contributed by atoms with Gasteiger partial charge in [-0.2, -0.15) is 0 Å². The lowest BCUT2D eigenvalue weighted by Gasteiger charge is -2.31. The molecule has 0 aliphatic heterocycles. The van der Waals surface area contributed by atoms with E-state index in [0.717, 1.165) is 0 Å². The summed E-state index contributed by atoms with van der Waals surface area (Å²) in [6.45, 7) is 2.02. The van der Waals surface area contributed by atoms with Gasteiger partial charge in [0, 0.05) is 12.1 Å². The van der Waals surface area contributed by atoms with Gasteiger partial charge in [0.05, 0.1) is 0 Å². The Morgan fingerprint density at radius 3 is 2.81 bits per heavy atom. The van der Waals surface area contributed by atoms with Gasteiger partial charge in [0.2, 0.25) is 5.56 Å². The fourth-order valence-corrected chi connectivity index (χ4v) is 1.92. The van der Waals surface area contributed by atoms with Crippen molar-refractivity contribution in [1.29, 1.82) is 0 Å². The fourth-order valence-electron chi connectivity index (χ4n) is 1.92. The van der Waals surface area contributed by atoms with E-state index in [9.17, 15) is 9.59 Å². The van der Waals surface area contributed by atoms with Gasteiger partial charge in [-0.05, 0) is 31.7 Å². The Morgan fingerprint density at radius 2 is 2.25 bits per heavy atom. The summed E-state index contributed by atoms with van der Waals surface area (Å²) in [6.07, 6.45) is 3.63. The van der Waals surface area contributed by atoms with E-state index in [4.69, 9.17) is 0 Å². The van der Waals surface area contributed by atoms with Crippen LogP contribution in [0.2, 0.25) is 0 Å². The molecule has 2 rings (SSSR count). The van der Waals surface area contributed by atoms with Gasteiger partial charge < -0.3 is 10.3 Å². The van der Waals surface area contributed by atoms with E-state index in [2.05, 4.69) is 10.3 Å². The third kappa shape index (κ3) is 2.32. The molecule has 0 radical (unpaired) electrons. The van der Waals surface area contributed by atoms with Crippen LogP contribution < -0.4 is 10.9 Å². The summed E-state index contributed by atoms with van der Waals surface area (Å²) in [5.41, 5.74) is 0.0858. The van der Waals surface area contributed by atoms with Crippen molar-refractivity contribution in [3.8, 4) is 0 Å². The van der Waals surface area contributed by atoms with Crippen LogP contribution in [-0.2, 0) is 0 Å². The molecule has 86 valence electrons. The zero-order valence-corrected chi connectivity index (χ0v) is 9.32. The molecule has 1 amide bonds. The number of amides is 1. The molecule has 1 saturated carbocycles. The lowest BCUT2D eigenvalue weighted by molar-refractivity contribution is 0.0904. The second kappa shape index (κ2) is 4.51. The third-order valence-corrected chi connectivity index (χ3v) is 3.23. The van der Waals surface area contributed by atoms with Crippen LogP contribution in [0.1, 0.15) is 36.7 Å². The van der Waals surface area contributed by atoms with Crippen LogP contribution >= 0.6 is 0 Å². The van der Waals surface area contributed by atoms with Crippen molar-refractivity contribution in [2.45, 2.75) is 32.2 Å². The highest BCUT2D eigenvalue weighted by Crippen LogP contribution is 2.29. The lowest BCUT2D eigenvalue weighted by atomic mass is 9.80. The highest BCUT2D eigenvalue weighted by molar-refractivity contribution is 5.92. The molecular formula is C12H16N2O2. The first-order valence-corrected chi connectivity index (χ1v) is 5.67. The van der Waals surface area contributed by atoms with Gasteiger partial charge in [0.15, 0.2) is 0 Å². The Morgan fingerprint density at radius 1 is 1.50 bits per heavy atom. The maximum atomic E-state index is 11.8. The van der Waals surface area contributed by atoms with Gasteiger partial charge in [-0.1, -0.05) is 12.5 Å². The second-order valence-corrected chi connectivity index (χ2v) is 4.38. The lowest BCUT2D eigenvalue weighted by Crippen LogP contribution is -2.41. The molecule has 0 aromatic carbocycles. The number of carbonyl (C=O) groups is 1. The predicted octanol–water partition coefficient (Wildman–Crippen LogP) is 1.29. The summed E-state index contributed by atoms with van der Waals surface area (Å²) < 4.78 is 0. The SMILES string of the molecule is CC(NC(=O)c1cccc(=O)[nH]1)C1CCC1. The van der Waals surface area contributed by atoms with Gasteiger partial charge in [-0.15, -0.1) is 0 Å². The minimum Gasteiger partial charge on any atom is -0.348 e. The zero-order chi connectivity index (χ0) is 11.5. The first-order valence-electron chi connectivity index (χ1n) is 5.67. The second-order valence-electron chi connectivity index (χ2n) is 4.38. The molecular weight excluding hydrogens is 204 g/mol. The molecule has 0 spiro atoms. The highest BCUT2D eigenvalue weighted by Gasteiger charge is 2.25. The molecule has 0 bridgehead atoms. The largest absolute Gasteiger partial charge is 0.348 e. The number of rotatable bonds is 3. The first-order chi connectivity index (χ1) is 7.66. The quantitative estimate of drug-likeness (QED) is 0.806. The molecule has 1 aromatic rings. The maximum absolute atomic E-state index is 11.8. The van der Waals surface area contributed by atoms with E-state index < -0.39 is 0 Å². The van der Waals surface area contributed by atoms with Crippen LogP contribution in [0.5, 0.6) is 0 Å². The van der Waals surface area contributed by atoms with Crippen LogP contribution in [0.25, 0.3) is 0 Å². The molecule has 1 aliphatic rings. The van der Waals surface area contributed by atoms with E-state index in [0.29, 0.717) is 11.6 Å². The third-order valence-electron chi connectivity index (χ3n) is 3.23. The molecule has 16 heavy (non-hydrogen) atoms. The van der Waals surface area contributed by atoms with Crippen LogP contribution in [-0.4, -0.2) is 16.9 Å². The molecule has 1 aliphatic carbocycles. The molecule has 1 aromatic heterocycles. The number of pyridine rings is 1. The fraction of sp³-hybridized carbons (Fsp3) is 0.500. The Labute approximate surface area is 94.1 Å². The van der Waals surface area contributed by atoms with Crippen molar-refractivity contribution >= 4 is 5.91 Å². The molecule has 1 fully saturated rings. The van der Waals surface area contributed by atoms with E-state index >= 15 is 0 Å². The molecule has 1 unspecified atom stereocenters. The normalized spacial score (nSPS) is 17.6. The Balaban J connectivity index is 1.99. The van der Waals surface area contributed by atoms with E-state index in [1.165, 1.54) is 25.3 Å². The summed E-state index contributed by atoms with van der Waals surface area (Å²) in [5, 5.41) is 2.92. The molecule has 4 nitrogen and oxygen atoms in total. The van der Waals surface area contributed by atoms with Crippen molar-refractivity contribution in [2.75, 3.05) is 0 Å². The highest BCUT2D eigenvalue weighted by atomic mass is 16.2. The van der Waals surface area contributed by atoms with Crippen molar-refractivity contribution in [1.82, 2.24) is 10.3 Å². The van der Waals surface area contributed by atoms with Gasteiger partial charge in [-0.25, -0.2) is 0 Å². The number of aromatic amines is 1. The monoisotopic (exact) mass is 220 g/mol. The average Bonchev–Trinajstić information content (AvgIpc) is 2.14. The summed E-state index contributed by atoms with van der Waals surface area (Å²) in [6, 6.07) is 4.78. The number of aromatic nitrogens is 1. The van der Waals surface area contributed by atoms with Gasteiger partial charge in [0.1, 0.15) is 5.69 Å². The van der Waals surface area contributed by atoms with E-state index in [-0.39, 0.29) is 17.5 Å². The van der Waals surface area contributed by atoms with E-state index in [1.807, 2.05) is 6.92 Å². The smallest absolute Gasteiger partial charge is 0.268 e. The standard InChI is InChI=1S/C12H16N2O2/c1-8(9-4-2-5-9)13-12(16)10-6-3-7-11(15)14-10/h3,6-9H,2,4-5H2,1H3,(H,13,16)(H,14,15). The number of H-pyrrole nitrogens is 1. The van der Waals surface area contributed by atoms with Gasteiger partial charge >= 0.3 is 0 Å². The minimum absolute atomic E-state index is 0.185. The summed E-state index contributed by atoms with van der Waals surface area (Å²) in [4.78, 5) is 25.3. The summed E-state index contributed by atoms with van der Waals surface area (Å²) in [7, 11) is 0. The van der Waals surface area contributed by atoms with Crippen LogP contribution in [0.4, 0.5) is 0 Å². The van der Waals surface area contributed by atoms with E-state index in [1.54, 1.807) is 12.1 Å². The summed E-state index contributed by atoms with van der Waals surface area (Å²) >= 11 is 0. The van der Waals surface area contributed by atoms with Crippen molar-refractivity contribution in [3.05, 3.63) is 34.2 Å². The predicted molar refractivity (Wildman–Crippen MR) is 61.3 cm³/mol. The average molecular weight is 220 g/mol. The molecule has 1 heterocycles. The van der Waals surface area contributed by atoms with Gasteiger partial charge in [-0.3, -0.25) is 9.59 Å². The van der Waals surface area contributed by atoms with Crippen molar-refractivity contribution in [3.63, 3.8) is 0 Å². The number of hydrogen-bond acceptors (Lipinski definition) is 2. The number of carbonyl (C=O) groups excluding carboxylic acids is 1. The summed E-state index contributed by atoms with van der Waals surface area (Å²) in [5.74, 6) is 0.400. The minimum atomic E-state index is -0.246. The topological polar surface area (TPSA) is 62.0 Å². The molecule has 4 heteroatoms. The van der Waals surface area contributed by atoms with Gasteiger partial charge in [0.25, 0.3) is 5.91 Å². The molecule has 1 atom stereocenters.